The molecule has 0 aromatic heterocycles. The third kappa shape index (κ3) is 5.29. The van der Waals surface area contributed by atoms with Crippen LogP contribution in [0.1, 0.15) is 32.8 Å². The highest BCUT2D eigenvalue weighted by atomic mass is 16.5. The minimum absolute atomic E-state index is 0.116. The van der Waals surface area contributed by atoms with Crippen molar-refractivity contribution >= 4 is 5.91 Å². The lowest BCUT2D eigenvalue weighted by Gasteiger charge is -2.19. The molecule has 1 rings (SSSR count). The number of carbonyl (C=O) groups is 1. The Balaban J connectivity index is 2.50. The van der Waals surface area contributed by atoms with Crippen molar-refractivity contribution in [2.45, 2.75) is 45.4 Å². The van der Waals surface area contributed by atoms with Crippen molar-refractivity contribution in [1.82, 2.24) is 5.32 Å². The van der Waals surface area contributed by atoms with Gasteiger partial charge in [-0.25, -0.2) is 0 Å². The number of hydrogen-bond donors (Lipinski definition) is 2. The van der Waals surface area contributed by atoms with E-state index in [9.17, 15) is 9.90 Å². The highest BCUT2D eigenvalue weighted by molar-refractivity contribution is 5.80. The Hall–Kier alpha value is -2.06. The highest BCUT2D eigenvalue weighted by Gasteiger charge is 2.17. The van der Waals surface area contributed by atoms with Gasteiger partial charge in [-0.2, -0.15) is 5.26 Å². The van der Waals surface area contributed by atoms with E-state index in [-0.39, 0.29) is 11.9 Å². The van der Waals surface area contributed by atoms with E-state index < -0.39 is 12.2 Å². The molecule has 3 unspecified atom stereocenters. The van der Waals surface area contributed by atoms with Gasteiger partial charge < -0.3 is 15.2 Å². The Kier molecular flexibility index (Phi) is 6.01. The van der Waals surface area contributed by atoms with Crippen molar-refractivity contribution in [3.05, 3.63) is 29.8 Å². The van der Waals surface area contributed by atoms with Gasteiger partial charge in [0.05, 0.1) is 17.7 Å². The van der Waals surface area contributed by atoms with E-state index in [0.29, 0.717) is 17.7 Å². The maximum absolute atomic E-state index is 11.9. The second-order valence-corrected chi connectivity index (χ2v) is 4.89. The summed E-state index contributed by atoms with van der Waals surface area (Å²) in [4.78, 5) is 11.9. The van der Waals surface area contributed by atoms with E-state index in [0.717, 1.165) is 0 Å². The topological polar surface area (TPSA) is 82.3 Å². The van der Waals surface area contributed by atoms with Crippen LogP contribution in [0.15, 0.2) is 24.3 Å². The van der Waals surface area contributed by atoms with Crippen molar-refractivity contribution < 1.29 is 14.6 Å². The van der Waals surface area contributed by atoms with Crippen LogP contribution < -0.4 is 10.1 Å². The molecule has 20 heavy (non-hydrogen) atoms. The van der Waals surface area contributed by atoms with Crippen LogP contribution in [0.5, 0.6) is 5.75 Å². The number of nitrogens with zero attached hydrogens (tertiary/aromatic N) is 1. The fraction of sp³-hybridized carbons (Fsp3) is 0.467. The highest BCUT2D eigenvalue weighted by Crippen LogP contribution is 2.13. The smallest absolute Gasteiger partial charge is 0.260 e. The van der Waals surface area contributed by atoms with Crippen LogP contribution in [0.2, 0.25) is 0 Å². The number of benzene rings is 1. The molecule has 0 spiro atoms. The molecule has 2 N–H and O–H groups in total. The summed E-state index contributed by atoms with van der Waals surface area (Å²) in [6.45, 7) is 5.17. The molecule has 1 aromatic rings. The monoisotopic (exact) mass is 276 g/mol. The van der Waals surface area contributed by atoms with Crippen LogP contribution >= 0.6 is 0 Å². The van der Waals surface area contributed by atoms with E-state index in [4.69, 9.17) is 10.00 Å². The summed E-state index contributed by atoms with van der Waals surface area (Å²) in [6, 6.07) is 8.48. The van der Waals surface area contributed by atoms with Gasteiger partial charge >= 0.3 is 0 Å². The molecule has 0 aliphatic carbocycles. The molecule has 0 saturated carbocycles. The van der Waals surface area contributed by atoms with Crippen LogP contribution in [0.3, 0.4) is 0 Å². The number of nitriles is 1. The van der Waals surface area contributed by atoms with E-state index in [1.165, 1.54) is 0 Å². The first kappa shape index (κ1) is 16.0. The van der Waals surface area contributed by atoms with E-state index >= 15 is 0 Å². The zero-order valence-corrected chi connectivity index (χ0v) is 12.0. The molecule has 0 bridgehead atoms. The molecule has 5 heteroatoms. The quantitative estimate of drug-likeness (QED) is 0.826. The van der Waals surface area contributed by atoms with Crippen LogP contribution in [0.25, 0.3) is 0 Å². The van der Waals surface area contributed by atoms with Gasteiger partial charge in [0, 0.05) is 6.04 Å². The number of hydrogen-bond acceptors (Lipinski definition) is 4. The van der Waals surface area contributed by atoms with Gasteiger partial charge in [0.1, 0.15) is 5.75 Å². The third-order valence-electron chi connectivity index (χ3n) is 2.75. The fourth-order valence-corrected chi connectivity index (χ4v) is 1.80. The number of amides is 1. The van der Waals surface area contributed by atoms with Crippen LogP contribution in [0.4, 0.5) is 0 Å². The first-order valence-electron chi connectivity index (χ1n) is 6.57. The molecule has 0 saturated heterocycles. The maximum atomic E-state index is 11.9. The fourth-order valence-electron chi connectivity index (χ4n) is 1.80. The summed E-state index contributed by atoms with van der Waals surface area (Å²) < 4.78 is 5.50. The van der Waals surface area contributed by atoms with E-state index in [1.807, 2.05) is 13.0 Å². The second kappa shape index (κ2) is 7.51. The van der Waals surface area contributed by atoms with Crippen molar-refractivity contribution in [2.75, 3.05) is 0 Å². The predicted molar refractivity (Wildman–Crippen MR) is 75.1 cm³/mol. The lowest BCUT2D eigenvalue weighted by Crippen LogP contribution is -2.42. The van der Waals surface area contributed by atoms with Gasteiger partial charge in [0.15, 0.2) is 6.10 Å². The molecule has 0 heterocycles. The SMILES string of the molecule is CC(O)CC(C)NC(=O)C(C)Oc1ccc(C#N)cc1. The summed E-state index contributed by atoms with van der Waals surface area (Å²) in [5.74, 6) is 0.303. The molecule has 1 amide bonds. The summed E-state index contributed by atoms with van der Waals surface area (Å²) in [5.41, 5.74) is 0.542. The van der Waals surface area contributed by atoms with Gasteiger partial charge in [-0.05, 0) is 51.5 Å². The first-order valence-corrected chi connectivity index (χ1v) is 6.57. The standard InChI is InChI=1S/C15H20N2O3/c1-10(8-11(2)18)17-15(19)12(3)20-14-6-4-13(9-16)5-7-14/h4-7,10-12,18H,8H2,1-3H3,(H,17,19). The average Bonchev–Trinajstić information content (AvgIpc) is 2.38. The predicted octanol–water partition coefficient (Wildman–Crippen LogP) is 1.60. The number of aliphatic hydroxyl groups excluding tert-OH is 1. The minimum atomic E-state index is -0.639. The summed E-state index contributed by atoms with van der Waals surface area (Å²) in [5, 5.41) is 20.7. The lowest BCUT2D eigenvalue weighted by atomic mass is 10.1. The van der Waals surface area contributed by atoms with Gasteiger partial charge in [-0.1, -0.05) is 0 Å². The Morgan fingerprint density at radius 2 is 1.95 bits per heavy atom. The number of rotatable bonds is 6. The van der Waals surface area contributed by atoms with Crippen molar-refractivity contribution in [2.24, 2.45) is 0 Å². The normalized spacial score (nSPS) is 14.8. The van der Waals surface area contributed by atoms with Gasteiger partial charge in [0.2, 0.25) is 0 Å². The number of carbonyl (C=O) groups excluding carboxylic acids is 1. The Labute approximate surface area is 119 Å². The van der Waals surface area contributed by atoms with Crippen LogP contribution in [-0.2, 0) is 4.79 Å². The average molecular weight is 276 g/mol. The molecular formula is C15H20N2O3. The lowest BCUT2D eigenvalue weighted by molar-refractivity contribution is -0.128. The Bertz CT molecular complexity index is 477. The maximum Gasteiger partial charge on any atom is 0.260 e. The molecule has 1 aromatic carbocycles. The number of aliphatic hydroxyl groups is 1. The van der Waals surface area contributed by atoms with E-state index in [2.05, 4.69) is 5.32 Å². The zero-order chi connectivity index (χ0) is 15.1. The molecule has 0 aliphatic rings. The van der Waals surface area contributed by atoms with E-state index in [1.54, 1.807) is 38.1 Å². The minimum Gasteiger partial charge on any atom is -0.481 e. The number of nitrogens with one attached hydrogen (secondary N) is 1. The first-order chi connectivity index (χ1) is 9.42. The Morgan fingerprint density at radius 1 is 1.35 bits per heavy atom. The molecule has 0 aliphatic heterocycles. The van der Waals surface area contributed by atoms with Crippen molar-refractivity contribution in [3.63, 3.8) is 0 Å². The largest absolute Gasteiger partial charge is 0.481 e. The van der Waals surface area contributed by atoms with Crippen LogP contribution in [-0.4, -0.2) is 29.3 Å². The summed E-state index contributed by atoms with van der Waals surface area (Å²) in [6.07, 6.45) is -0.602. The second-order valence-electron chi connectivity index (χ2n) is 4.89. The summed E-state index contributed by atoms with van der Waals surface area (Å²) in [7, 11) is 0. The van der Waals surface area contributed by atoms with Crippen molar-refractivity contribution in [1.29, 1.82) is 5.26 Å². The molecule has 0 fully saturated rings. The molecule has 3 atom stereocenters. The zero-order valence-electron chi connectivity index (χ0n) is 12.0. The van der Waals surface area contributed by atoms with Crippen LogP contribution in [0, 0.1) is 11.3 Å². The van der Waals surface area contributed by atoms with Gasteiger partial charge in [-0.15, -0.1) is 0 Å². The Morgan fingerprint density at radius 3 is 2.45 bits per heavy atom. The molecular weight excluding hydrogens is 256 g/mol. The number of ether oxygens (including phenoxy) is 1. The molecule has 0 radical (unpaired) electrons. The molecule has 5 nitrogen and oxygen atoms in total. The van der Waals surface area contributed by atoms with Gasteiger partial charge in [0.25, 0.3) is 5.91 Å². The summed E-state index contributed by atoms with van der Waals surface area (Å²) >= 11 is 0. The van der Waals surface area contributed by atoms with Gasteiger partial charge in [-0.3, -0.25) is 4.79 Å². The third-order valence-corrected chi connectivity index (χ3v) is 2.75. The van der Waals surface area contributed by atoms with Crippen molar-refractivity contribution in [3.8, 4) is 11.8 Å². The molecule has 108 valence electrons.